The van der Waals surface area contributed by atoms with Crippen molar-refractivity contribution in [2.75, 3.05) is 28.3 Å². The Labute approximate surface area is 76.9 Å². The van der Waals surface area contributed by atoms with E-state index in [2.05, 4.69) is 9.47 Å². The average molecular weight is 187 g/mol. The molecule has 74 valence electrons. The van der Waals surface area contributed by atoms with Crippen LogP contribution in [0, 0.1) is 0 Å². The summed E-state index contributed by atoms with van der Waals surface area (Å²) in [5, 5.41) is 0. The van der Waals surface area contributed by atoms with Gasteiger partial charge in [0.15, 0.2) is 0 Å². The van der Waals surface area contributed by atoms with Crippen LogP contribution in [0.2, 0.25) is 0 Å². The van der Waals surface area contributed by atoms with Gasteiger partial charge in [-0.25, -0.2) is 9.59 Å². The zero-order chi connectivity index (χ0) is 10.4. The normalized spacial score (nSPS) is 10.6. The van der Waals surface area contributed by atoms with Crippen molar-refractivity contribution < 1.29 is 19.1 Å². The highest BCUT2D eigenvalue weighted by molar-refractivity contribution is 5.95. The molecular weight excluding hydrogens is 174 g/mol. The fourth-order valence-corrected chi connectivity index (χ4v) is 0.646. The quantitative estimate of drug-likeness (QED) is 0.451. The molecule has 0 amide bonds. The third kappa shape index (κ3) is 3.59. The number of methoxy groups -OCH3 is 2. The van der Waals surface area contributed by atoms with Gasteiger partial charge in [-0.2, -0.15) is 0 Å². The summed E-state index contributed by atoms with van der Waals surface area (Å²) in [4.78, 5) is 23.4. The van der Waals surface area contributed by atoms with E-state index in [1.165, 1.54) is 19.1 Å². The van der Waals surface area contributed by atoms with Crippen LogP contribution in [0.1, 0.15) is 0 Å². The Morgan fingerprint density at radius 2 is 1.69 bits per heavy atom. The molecule has 0 fully saturated rings. The number of carbonyl (C=O) groups excluding carboxylic acids is 2. The molecule has 0 heterocycles. The summed E-state index contributed by atoms with van der Waals surface area (Å²) in [6.45, 7) is 0. The highest BCUT2D eigenvalue weighted by Crippen LogP contribution is 2.01. The van der Waals surface area contributed by atoms with Gasteiger partial charge in [-0.1, -0.05) is 0 Å². The third-order valence-corrected chi connectivity index (χ3v) is 1.33. The third-order valence-electron chi connectivity index (χ3n) is 1.33. The summed E-state index contributed by atoms with van der Waals surface area (Å²) < 4.78 is 8.84. The van der Waals surface area contributed by atoms with Crippen LogP contribution in [-0.2, 0) is 19.1 Å². The molecule has 0 aromatic rings. The molecule has 0 aliphatic carbocycles. The van der Waals surface area contributed by atoms with Crippen molar-refractivity contribution in [3.05, 3.63) is 11.8 Å². The molecule has 0 radical (unpaired) electrons. The summed E-state index contributed by atoms with van der Waals surface area (Å²) in [5.74, 6) is -1.16. The Balaban J connectivity index is 4.70. The zero-order valence-corrected chi connectivity index (χ0v) is 8.16. The molecule has 5 heteroatoms. The topological polar surface area (TPSA) is 55.8 Å². The van der Waals surface area contributed by atoms with Crippen LogP contribution < -0.4 is 0 Å². The number of hydrogen-bond donors (Lipinski definition) is 0. The summed E-state index contributed by atoms with van der Waals surface area (Å²) in [5.41, 5.74) is 0.148. The van der Waals surface area contributed by atoms with Crippen molar-refractivity contribution >= 4 is 11.9 Å². The van der Waals surface area contributed by atoms with Crippen LogP contribution in [-0.4, -0.2) is 45.2 Å². The largest absolute Gasteiger partial charge is 0.466 e. The number of likely N-dealkylation sites (N-methyl/N-ethyl adjacent to an activating group) is 1. The van der Waals surface area contributed by atoms with Crippen molar-refractivity contribution in [2.24, 2.45) is 0 Å². The van der Waals surface area contributed by atoms with Crippen molar-refractivity contribution in [3.63, 3.8) is 0 Å². The van der Waals surface area contributed by atoms with E-state index in [-0.39, 0.29) is 5.70 Å². The van der Waals surface area contributed by atoms with E-state index in [1.807, 2.05) is 0 Å². The minimum absolute atomic E-state index is 0.148. The highest BCUT2D eigenvalue weighted by Gasteiger charge is 2.13. The highest BCUT2D eigenvalue weighted by atomic mass is 16.5. The van der Waals surface area contributed by atoms with Crippen molar-refractivity contribution in [2.45, 2.75) is 0 Å². The predicted octanol–water partition coefficient (Wildman–Crippen LogP) is -0.222. The first-order valence-electron chi connectivity index (χ1n) is 3.58. The van der Waals surface area contributed by atoms with E-state index in [0.29, 0.717) is 0 Å². The molecule has 0 aliphatic rings. The fourth-order valence-electron chi connectivity index (χ4n) is 0.646. The van der Waals surface area contributed by atoms with Crippen LogP contribution >= 0.6 is 0 Å². The minimum Gasteiger partial charge on any atom is -0.466 e. The van der Waals surface area contributed by atoms with Crippen molar-refractivity contribution in [1.82, 2.24) is 4.90 Å². The summed E-state index contributed by atoms with van der Waals surface area (Å²) in [6.07, 6.45) is 1.08. The molecule has 0 saturated heterocycles. The molecule has 5 nitrogen and oxygen atoms in total. The predicted molar refractivity (Wildman–Crippen MR) is 45.8 cm³/mol. The van der Waals surface area contributed by atoms with Crippen LogP contribution in [0.25, 0.3) is 0 Å². The summed E-state index contributed by atoms with van der Waals surface area (Å²) in [6, 6.07) is 0. The molecule has 0 aliphatic heterocycles. The van der Waals surface area contributed by atoms with Gasteiger partial charge < -0.3 is 14.4 Å². The maximum absolute atomic E-state index is 11.1. The van der Waals surface area contributed by atoms with Gasteiger partial charge in [-0.15, -0.1) is 0 Å². The van der Waals surface area contributed by atoms with Crippen LogP contribution in [0.5, 0.6) is 0 Å². The number of ether oxygens (including phenoxy) is 2. The molecule has 13 heavy (non-hydrogen) atoms. The van der Waals surface area contributed by atoms with Gasteiger partial charge in [0.05, 0.1) is 20.3 Å². The molecule has 0 saturated carbocycles. The lowest BCUT2D eigenvalue weighted by molar-refractivity contribution is -0.139. The smallest absolute Gasteiger partial charge is 0.354 e. The molecule has 0 aromatic heterocycles. The zero-order valence-electron chi connectivity index (χ0n) is 8.16. The second-order valence-electron chi connectivity index (χ2n) is 2.44. The van der Waals surface area contributed by atoms with Gasteiger partial charge in [0.1, 0.15) is 5.70 Å². The van der Waals surface area contributed by atoms with Crippen LogP contribution in [0.15, 0.2) is 11.8 Å². The van der Waals surface area contributed by atoms with Crippen molar-refractivity contribution in [3.8, 4) is 0 Å². The van der Waals surface area contributed by atoms with E-state index < -0.39 is 11.9 Å². The van der Waals surface area contributed by atoms with E-state index >= 15 is 0 Å². The van der Waals surface area contributed by atoms with Crippen LogP contribution in [0.4, 0.5) is 0 Å². The van der Waals surface area contributed by atoms with E-state index in [4.69, 9.17) is 0 Å². The monoisotopic (exact) mass is 187 g/mol. The standard InChI is InChI=1S/C8H13NO4/c1-9(2)6(8(11)13-4)5-7(10)12-3/h5H,1-4H3/b6-5-. The molecule has 0 aromatic carbocycles. The van der Waals surface area contributed by atoms with Gasteiger partial charge >= 0.3 is 11.9 Å². The Bertz CT molecular complexity index is 232. The van der Waals surface area contributed by atoms with Gasteiger partial charge in [-0.05, 0) is 0 Å². The maximum Gasteiger partial charge on any atom is 0.354 e. The lowest BCUT2D eigenvalue weighted by Crippen LogP contribution is -2.21. The summed E-state index contributed by atoms with van der Waals surface area (Å²) in [7, 11) is 5.75. The molecular formula is C8H13NO4. The Morgan fingerprint density at radius 1 is 1.15 bits per heavy atom. The second-order valence-corrected chi connectivity index (χ2v) is 2.44. The van der Waals surface area contributed by atoms with Gasteiger partial charge in [0.2, 0.25) is 0 Å². The fraction of sp³-hybridized carbons (Fsp3) is 0.500. The number of hydrogen-bond acceptors (Lipinski definition) is 5. The van der Waals surface area contributed by atoms with Gasteiger partial charge in [-0.3, -0.25) is 0 Å². The molecule has 0 unspecified atom stereocenters. The molecule has 0 N–H and O–H groups in total. The maximum atomic E-state index is 11.1. The first-order valence-corrected chi connectivity index (χ1v) is 3.58. The van der Waals surface area contributed by atoms with Crippen molar-refractivity contribution in [1.29, 1.82) is 0 Å². The van der Waals surface area contributed by atoms with Gasteiger partial charge in [0, 0.05) is 14.1 Å². The number of esters is 2. The van der Waals surface area contributed by atoms with E-state index in [9.17, 15) is 9.59 Å². The molecule has 0 atom stereocenters. The summed E-state index contributed by atoms with van der Waals surface area (Å²) >= 11 is 0. The lowest BCUT2D eigenvalue weighted by atomic mass is 10.3. The SMILES string of the molecule is COC(=O)/C=C(/C(=O)OC)N(C)C. The first kappa shape index (κ1) is 11.5. The molecule has 0 spiro atoms. The van der Waals surface area contributed by atoms with Crippen LogP contribution in [0.3, 0.4) is 0 Å². The lowest BCUT2D eigenvalue weighted by Gasteiger charge is -2.13. The molecule has 0 bridgehead atoms. The number of carbonyl (C=O) groups is 2. The minimum atomic E-state index is -0.589. The second kappa shape index (κ2) is 5.18. The number of rotatable bonds is 3. The van der Waals surface area contributed by atoms with E-state index in [0.717, 1.165) is 6.08 Å². The van der Waals surface area contributed by atoms with E-state index in [1.54, 1.807) is 14.1 Å². The molecule has 0 rings (SSSR count). The Kier molecular flexibility index (Phi) is 4.58. The average Bonchev–Trinajstić information content (AvgIpc) is 2.11. The first-order chi connectivity index (χ1) is 6.02. The Morgan fingerprint density at radius 3 is 2.00 bits per heavy atom. The van der Waals surface area contributed by atoms with Gasteiger partial charge in [0.25, 0.3) is 0 Å². The number of nitrogens with zero attached hydrogens (tertiary/aromatic N) is 1. The Hall–Kier alpha value is -1.52.